The highest BCUT2D eigenvalue weighted by atomic mass is 32.2. The molecule has 9 nitrogen and oxygen atoms in total. The number of rotatable bonds is 10. The van der Waals surface area contributed by atoms with E-state index in [0.717, 1.165) is 0 Å². The van der Waals surface area contributed by atoms with E-state index in [1.165, 1.54) is 16.7 Å². The fraction of sp³-hybridized carbons (Fsp3) is 0.765. The molecular formula is C17H30N4O5S. The Kier molecular flexibility index (Phi) is 9.57. The molecule has 0 aliphatic carbocycles. The molecule has 3 atom stereocenters. The number of nitrogens with zero attached hydrogens (tertiary/aromatic N) is 1. The Balaban J connectivity index is 2.63. The van der Waals surface area contributed by atoms with Gasteiger partial charge in [0.1, 0.15) is 12.1 Å². The molecule has 0 aromatic heterocycles. The molecule has 1 heterocycles. The van der Waals surface area contributed by atoms with Crippen LogP contribution < -0.4 is 16.4 Å². The van der Waals surface area contributed by atoms with E-state index in [2.05, 4.69) is 10.6 Å². The van der Waals surface area contributed by atoms with Crippen molar-refractivity contribution in [1.82, 2.24) is 15.5 Å². The molecule has 1 aliphatic rings. The average molecular weight is 403 g/mol. The number of amides is 3. The van der Waals surface area contributed by atoms with Crippen LogP contribution in [-0.4, -0.2) is 76.9 Å². The second kappa shape index (κ2) is 11.1. The van der Waals surface area contributed by atoms with Gasteiger partial charge in [-0.2, -0.15) is 11.8 Å². The zero-order valence-electron chi connectivity index (χ0n) is 16.1. The number of carboxylic acids is 1. The molecule has 10 heteroatoms. The van der Waals surface area contributed by atoms with E-state index in [1.54, 1.807) is 0 Å². The Morgan fingerprint density at radius 1 is 1.30 bits per heavy atom. The lowest BCUT2D eigenvalue weighted by atomic mass is 10.1. The lowest BCUT2D eigenvalue weighted by Crippen LogP contribution is -2.53. The van der Waals surface area contributed by atoms with Crippen LogP contribution in [0, 0.1) is 5.92 Å². The molecule has 1 fully saturated rings. The lowest BCUT2D eigenvalue weighted by molar-refractivity contribution is -0.144. The van der Waals surface area contributed by atoms with E-state index in [4.69, 9.17) is 5.73 Å². The maximum Gasteiger partial charge on any atom is 0.326 e. The summed E-state index contributed by atoms with van der Waals surface area (Å²) in [4.78, 5) is 49.5. The summed E-state index contributed by atoms with van der Waals surface area (Å²) in [6.07, 6.45) is 3.28. The van der Waals surface area contributed by atoms with Crippen molar-refractivity contribution < 1.29 is 24.3 Å². The molecule has 27 heavy (non-hydrogen) atoms. The summed E-state index contributed by atoms with van der Waals surface area (Å²) in [7, 11) is 0. The van der Waals surface area contributed by atoms with Gasteiger partial charge in [-0.15, -0.1) is 0 Å². The third kappa shape index (κ3) is 7.02. The van der Waals surface area contributed by atoms with Gasteiger partial charge >= 0.3 is 5.97 Å². The largest absolute Gasteiger partial charge is 0.480 e. The SMILES string of the molecule is CSCCC(NC(=O)C1CCCN1C(=O)CNC(=O)C(N)C(C)C)C(=O)O. The van der Waals surface area contributed by atoms with Gasteiger partial charge in [0.2, 0.25) is 17.7 Å². The molecule has 0 radical (unpaired) electrons. The molecule has 3 amide bonds. The van der Waals surface area contributed by atoms with E-state index < -0.39 is 35.9 Å². The molecule has 0 aromatic rings. The fourth-order valence-corrected chi connectivity index (χ4v) is 3.26. The summed E-state index contributed by atoms with van der Waals surface area (Å²) in [5.41, 5.74) is 5.74. The number of aliphatic carboxylic acids is 1. The maximum atomic E-state index is 12.5. The number of carbonyl (C=O) groups excluding carboxylic acids is 3. The van der Waals surface area contributed by atoms with E-state index in [0.29, 0.717) is 31.6 Å². The Morgan fingerprint density at radius 3 is 2.52 bits per heavy atom. The van der Waals surface area contributed by atoms with Gasteiger partial charge < -0.3 is 26.4 Å². The number of carboxylic acid groups (broad SMARTS) is 1. The van der Waals surface area contributed by atoms with Gasteiger partial charge in [-0.05, 0) is 37.2 Å². The summed E-state index contributed by atoms with van der Waals surface area (Å²) in [6, 6.07) is -2.40. The minimum absolute atomic E-state index is 0.0559. The topological polar surface area (TPSA) is 142 Å². The molecule has 154 valence electrons. The van der Waals surface area contributed by atoms with E-state index in [-0.39, 0.29) is 18.4 Å². The third-order valence-corrected chi connectivity index (χ3v) is 5.18. The maximum absolute atomic E-state index is 12.5. The average Bonchev–Trinajstić information content (AvgIpc) is 3.11. The zero-order valence-corrected chi connectivity index (χ0v) is 16.9. The number of thioether (sulfide) groups is 1. The summed E-state index contributed by atoms with van der Waals surface area (Å²) < 4.78 is 0. The summed E-state index contributed by atoms with van der Waals surface area (Å²) in [5, 5.41) is 14.3. The first kappa shape index (κ1) is 23.2. The number of hydrogen-bond acceptors (Lipinski definition) is 6. The van der Waals surface area contributed by atoms with Crippen molar-refractivity contribution in [1.29, 1.82) is 0 Å². The van der Waals surface area contributed by atoms with Crippen LogP contribution in [0.1, 0.15) is 33.1 Å². The number of hydrogen-bond donors (Lipinski definition) is 4. The van der Waals surface area contributed by atoms with Crippen LogP contribution in [0.2, 0.25) is 0 Å². The van der Waals surface area contributed by atoms with Crippen molar-refractivity contribution in [2.75, 3.05) is 25.1 Å². The van der Waals surface area contributed by atoms with Gasteiger partial charge in [0.15, 0.2) is 0 Å². The van der Waals surface area contributed by atoms with Crippen LogP contribution in [-0.2, 0) is 19.2 Å². The van der Waals surface area contributed by atoms with Gasteiger partial charge in [-0.1, -0.05) is 13.8 Å². The molecule has 1 rings (SSSR count). The van der Waals surface area contributed by atoms with Crippen molar-refractivity contribution in [3.8, 4) is 0 Å². The standard InChI is InChI=1S/C17H30N4O5S/c1-10(2)14(18)16(24)19-9-13(22)21-7-4-5-12(21)15(23)20-11(17(25)26)6-8-27-3/h10-12,14H,4-9,18H2,1-3H3,(H,19,24)(H,20,23)(H,25,26). The number of carbonyl (C=O) groups is 4. The predicted octanol–water partition coefficient (Wildman–Crippen LogP) is -0.601. The molecular weight excluding hydrogens is 372 g/mol. The molecule has 1 aliphatic heterocycles. The summed E-state index contributed by atoms with van der Waals surface area (Å²) in [5.74, 6) is -1.82. The van der Waals surface area contributed by atoms with Gasteiger partial charge in [0, 0.05) is 6.54 Å². The third-order valence-electron chi connectivity index (χ3n) is 4.54. The smallest absolute Gasteiger partial charge is 0.326 e. The quantitative estimate of drug-likeness (QED) is 0.382. The van der Waals surface area contributed by atoms with Crippen LogP contribution >= 0.6 is 11.8 Å². The van der Waals surface area contributed by atoms with Crippen molar-refractivity contribution in [2.24, 2.45) is 11.7 Å². The van der Waals surface area contributed by atoms with Crippen molar-refractivity contribution in [3.63, 3.8) is 0 Å². The minimum atomic E-state index is -1.09. The molecule has 1 saturated heterocycles. The second-order valence-corrected chi connectivity index (χ2v) is 7.90. The van der Waals surface area contributed by atoms with Crippen LogP contribution in [0.3, 0.4) is 0 Å². The van der Waals surface area contributed by atoms with Crippen molar-refractivity contribution in [3.05, 3.63) is 0 Å². The van der Waals surface area contributed by atoms with Gasteiger partial charge in [0.25, 0.3) is 0 Å². The molecule has 5 N–H and O–H groups in total. The van der Waals surface area contributed by atoms with E-state index in [9.17, 15) is 24.3 Å². The Labute approximate surface area is 163 Å². The lowest BCUT2D eigenvalue weighted by Gasteiger charge is -2.26. The molecule has 0 spiro atoms. The van der Waals surface area contributed by atoms with Crippen molar-refractivity contribution >= 4 is 35.5 Å². The normalized spacial score (nSPS) is 18.9. The number of nitrogens with two attached hydrogens (primary N) is 1. The Morgan fingerprint density at radius 2 is 1.96 bits per heavy atom. The van der Waals surface area contributed by atoms with Crippen LogP contribution in [0.15, 0.2) is 0 Å². The zero-order chi connectivity index (χ0) is 20.6. The van der Waals surface area contributed by atoms with Crippen molar-refractivity contribution in [2.45, 2.75) is 51.2 Å². The van der Waals surface area contributed by atoms with Gasteiger partial charge in [-0.3, -0.25) is 14.4 Å². The fourth-order valence-electron chi connectivity index (χ4n) is 2.78. The van der Waals surface area contributed by atoms with Crippen LogP contribution in [0.5, 0.6) is 0 Å². The highest BCUT2D eigenvalue weighted by molar-refractivity contribution is 7.98. The number of nitrogens with one attached hydrogen (secondary N) is 2. The predicted molar refractivity (Wildman–Crippen MR) is 103 cm³/mol. The van der Waals surface area contributed by atoms with Crippen LogP contribution in [0.25, 0.3) is 0 Å². The Hall–Kier alpha value is -1.81. The van der Waals surface area contributed by atoms with E-state index in [1.807, 2.05) is 20.1 Å². The first-order valence-corrected chi connectivity index (χ1v) is 10.4. The van der Waals surface area contributed by atoms with Gasteiger partial charge in [-0.25, -0.2) is 4.79 Å². The summed E-state index contributed by atoms with van der Waals surface area (Å²) >= 11 is 1.50. The molecule has 0 saturated carbocycles. The molecule has 0 aromatic carbocycles. The highest BCUT2D eigenvalue weighted by Gasteiger charge is 2.35. The van der Waals surface area contributed by atoms with Gasteiger partial charge in [0.05, 0.1) is 12.6 Å². The summed E-state index contributed by atoms with van der Waals surface area (Å²) in [6.45, 7) is 3.77. The van der Waals surface area contributed by atoms with Crippen LogP contribution in [0.4, 0.5) is 0 Å². The van der Waals surface area contributed by atoms with E-state index >= 15 is 0 Å². The second-order valence-electron chi connectivity index (χ2n) is 6.91. The minimum Gasteiger partial charge on any atom is -0.480 e. The highest BCUT2D eigenvalue weighted by Crippen LogP contribution is 2.18. The number of likely N-dealkylation sites (tertiary alicyclic amines) is 1. The first-order valence-electron chi connectivity index (χ1n) is 9.03. The monoisotopic (exact) mass is 402 g/mol. The molecule has 3 unspecified atom stereocenters. The molecule has 0 bridgehead atoms. The first-order chi connectivity index (χ1) is 12.7. The Bertz CT molecular complexity index is 557.